The van der Waals surface area contributed by atoms with Crippen molar-refractivity contribution in [2.24, 2.45) is 0 Å². The summed E-state index contributed by atoms with van der Waals surface area (Å²) < 4.78 is 0.854. The van der Waals surface area contributed by atoms with Crippen LogP contribution in [0.2, 0.25) is 0 Å². The molecule has 0 aromatic heterocycles. The van der Waals surface area contributed by atoms with Crippen molar-refractivity contribution in [3.63, 3.8) is 0 Å². The van der Waals surface area contributed by atoms with E-state index in [1.54, 1.807) is 12.1 Å². The van der Waals surface area contributed by atoms with Gasteiger partial charge in [0.1, 0.15) is 0 Å². The average Bonchev–Trinajstić information content (AvgIpc) is 3.23. The molecule has 0 saturated carbocycles. The molecule has 0 aliphatic carbocycles. The molecule has 2 aromatic carbocycles. The first-order chi connectivity index (χ1) is 14.1. The lowest BCUT2D eigenvalue weighted by molar-refractivity contribution is 0.0953. The van der Waals surface area contributed by atoms with E-state index in [-0.39, 0.29) is 11.9 Å². The lowest BCUT2D eigenvalue weighted by Crippen LogP contribution is -2.40. The van der Waals surface area contributed by atoms with E-state index in [1.807, 2.05) is 24.3 Å². The van der Waals surface area contributed by atoms with Crippen LogP contribution in [0.25, 0.3) is 0 Å². The highest BCUT2D eigenvalue weighted by molar-refractivity contribution is 9.10. The van der Waals surface area contributed by atoms with Gasteiger partial charge in [-0.25, -0.2) is 4.79 Å². The van der Waals surface area contributed by atoms with Gasteiger partial charge in [0.05, 0.1) is 0 Å². The van der Waals surface area contributed by atoms with Gasteiger partial charge in [0.25, 0.3) is 5.91 Å². The second-order valence-corrected chi connectivity index (χ2v) is 8.04. The quantitative estimate of drug-likeness (QED) is 0.531. The Morgan fingerprint density at radius 3 is 2.38 bits per heavy atom. The van der Waals surface area contributed by atoms with Crippen LogP contribution in [0, 0.1) is 0 Å². The molecule has 7 heteroatoms. The van der Waals surface area contributed by atoms with Gasteiger partial charge in [-0.2, -0.15) is 0 Å². The zero-order valence-electron chi connectivity index (χ0n) is 16.4. The molecule has 1 aliphatic rings. The van der Waals surface area contributed by atoms with Crippen LogP contribution in [-0.4, -0.2) is 43.0 Å². The van der Waals surface area contributed by atoms with E-state index in [0.717, 1.165) is 29.7 Å². The maximum absolute atomic E-state index is 12.1. The predicted molar refractivity (Wildman–Crippen MR) is 118 cm³/mol. The molecule has 3 rings (SSSR count). The van der Waals surface area contributed by atoms with Crippen molar-refractivity contribution < 1.29 is 9.59 Å². The lowest BCUT2D eigenvalue weighted by Gasteiger charge is -2.18. The normalized spacial score (nSPS) is 13.8. The summed E-state index contributed by atoms with van der Waals surface area (Å²) in [7, 11) is 0. The number of amides is 3. The Labute approximate surface area is 180 Å². The number of urea groups is 1. The molecule has 29 heavy (non-hydrogen) atoms. The number of rotatable bonds is 8. The summed E-state index contributed by atoms with van der Waals surface area (Å²) in [6.07, 6.45) is 2.53. The van der Waals surface area contributed by atoms with Crippen molar-refractivity contribution in [2.75, 3.05) is 26.2 Å². The number of halogens is 1. The minimum atomic E-state index is -0.238. The number of carbonyl (C=O) groups is 2. The first kappa shape index (κ1) is 21.3. The first-order valence-corrected chi connectivity index (χ1v) is 10.8. The fraction of sp³-hybridized carbons (Fsp3) is 0.364. The molecule has 2 aromatic rings. The number of nitrogens with zero attached hydrogens (tertiary/aromatic N) is 1. The largest absolute Gasteiger partial charge is 0.350 e. The summed E-state index contributed by atoms with van der Waals surface area (Å²) in [4.78, 5) is 26.6. The van der Waals surface area contributed by atoms with Crippen LogP contribution < -0.4 is 16.0 Å². The van der Waals surface area contributed by atoms with Gasteiger partial charge in [-0.15, -0.1) is 0 Å². The van der Waals surface area contributed by atoms with Crippen LogP contribution in [0.1, 0.15) is 34.3 Å². The van der Waals surface area contributed by atoms with Gasteiger partial charge in [-0.3, -0.25) is 9.69 Å². The molecule has 0 spiro atoms. The number of hydrogen-bond acceptors (Lipinski definition) is 3. The standard InChI is InChI=1S/C22H27BrN4O2/c23-20-9-5-8-17(14-20)21(28)24-10-11-25-22(29)26-15-18-6-1-2-7-19(18)16-27-12-3-4-13-27/h1-2,5-9,14H,3-4,10-13,15-16H2,(H,24,28)(H2,25,26,29). The zero-order chi connectivity index (χ0) is 20.5. The number of benzene rings is 2. The third-order valence-corrected chi connectivity index (χ3v) is 5.43. The minimum absolute atomic E-state index is 0.163. The molecule has 154 valence electrons. The summed E-state index contributed by atoms with van der Waals surface area (Å²) in [5.74, 6) is -0.163. The summed E-state index contributed by atoms with van der Waals surface area (Å²) in [5.41, 5.74) is 2.98. The minimum Gasteiger partial charge on any atom is -0.350 e. The summed E-state index contributed by atoms with van der Waals surface area (Å²) >= 11 is 3.35. The molecule has 1 saturated heterocycles. The Balaban J connectivity index is 1.37. The fourth-order valence-electron chi connectivity index (χ4n) is 3.39. The molecule has 3 amide bonds. The van der Waals surface area contributed by atoms with Gasteiger partial charge < -0.3 is 16.0 Å². The molecule has 6 nitrogen and oxygen atoms in total. The Morgan fingerprint density at radius 1 is 0.897 bits per heavy atom. The molecule has 1 fully saturated rings. The third-order valence-electron chi connectivity index (χ3n) is 4.93. The van der Waals surface area contributed by atoms with Crippen molar-refractivity contribution in [3.8, 4) is 0 Å². The molecule has 3 N–H and O–H groups in total. The van der Waals surface area contributed by atoms with E-state index in [9.17, 15) is 9.59 Å². The van der Waals surface area contributed by atoms with Crippen molar-refractivity contribution in [1.29, 1.82) is 0 Å². The van der Waals surface area contributed by atoms with Crippen LogP contribution in [0.3, 0.4) is 0 Å². The highest BCUT2D eigenvalue weighted by Crippen LogP contribution is 2.16. The Hall–Kier alpha value is -2.38. The monoisotopic (exact) mass is 458 g/mol. The second-order valence-electron chi connectivity index (χ2n) is 7.13. The van der Waals surface area contributed by atoms with Crippen molar-refractivity contribution in [1.82, 2.24) is 20.9 Å². The van der Waals surface area contributed by atoms with E-state index in [0.29, 0.717) is 25.2 Å². The Kier molecular flexibility index (Phi) is 8.07. The second kappa shape index (κ2) is 11.0. The topological polar surface area (TPSA) is 73.5 Å². The highest BCUT2D eigenvalue weighted by Gasteiger charge is 2.13. The third kappa shape index (κ3) is 6.87. The van der Waals surface area contributed by atoms with E-state index in [1.165, 1.54) is 18.4 Å². The van der Waals surface area contributed by atoms with Gasteiger partial charge in [0, 0.05) is 36.2 Å². The lowest BCUT2D eigenvalue weighted by atomic mass is 10.1. The average molecular weight is 459 g/mol. The summed E-state index contributed by atoms with van der Waals surface area (Å²) in [5, 5.41) is 8.48. The van der Waals surface area contributed by atoms with Crippen LogP contribution in [0.15, 0.2) is 53.0 Å². The Bertz CT molecular complexity index is 837. The van der Waals surface area contributed by atoms with Crippen molar-refractivity contribution >= 4 is 27.9 Å². The van der Waals surface area contributed by atoms with Crippen LogP contribution in [-0.2, 0) is 13.1 Å². The van der Waals surface area contributed by atoms with E-state index >= 15 is 0 Å². The molecule has 0 unspecified atom stereocenters. The van der Waals surface area contributed by atoms with Crippen LogP contribution >= 0.6 is 15.9 Å². The number of carbonyl (C=O) groups excluding carboxylic acids is 2. The summed E-state index contributed by atoms with van der Waals surface area (Å²) in [6, 6.07) is 15.2. The molecular formula is C22H27BrN4O2. The van der Waals surface area contributed by atoms with E-state index in [2.05, 4.69) is 48.9 Å². The van der Waals surface area contributed by atoms with Crippen molar-refractivity contribution in [2.45, 2.75) is 25.9 Å². The molecule has 0 atom stereocenters. The highest BCUT2D eigenvalue weighted by atomic mass is 79.9. The smallest absolute Gasteiger partial charge is 0.315 e. The maximum Gasteiger partial charge on any atom is 0.315 e. The van der Waals surface area contributed by atoms with Crippen molar-refractivity contribution in [3.05, 3.63) is 69.7 Å². The van der Waals surface area contributed by atoms with E-state index in [4.69, 9.17) is 0 Å². The molecule has 0 radical (unpaired) electrons. The van der Waals surface area contributed by atoms with Gasteiger partial charge in [0.15, 0.2) is 0 Å². The summed E-state index contributed by atoms with van der Waals surface area (Å²) in [6.45, 7) is 4.44. The van der Waals surface area contributed by atoms with Gasteiger partial charge in [-0.05, 0) is 55.3 Å². The maximum atomic E-state index is 12.1. The fourth-order valence-corrected chi connectivity index (χ4v) is 3.79. The van der Waals surface area contributed by atoms with Gasteiger partial charge in [-0.1, -0.05) is 46.3 Å². The predicted octanol–water partition coefficient (Wildman–Crippen LogP) is 3.27. The first-order valence-electron chi connectivity index (χ1n) is 9.96. The number of hydrogen-bond donors (Lipinski definition) is 3. The molecular weight excluding hydrogens is 432 g/mol. The molecule has 1 heterocycles. The molecule has 0 bridgehead atoms. The number of likely N-dealkylation sites (tertiary alicyclic amines) is 1. The number of nitrogens with one attached hydrogen (secondary N) is 3. The van der Waals surface area contributed by atoms with E-state index < -0.39 is 0 Å². The van der Waals surface area contributed by atoms with Crippen LogP contribution in [0.4, 0.5) is 4.79 Å². The van der Waals surface area contributed by atoms with Gasteiger partial charge in [0.2, 0.25) is 0 Å². The zero-order valence-corrected chi connectivity index (χ0v) is 18.0. The van der Waals surface area contributed by atoms with Crippen LogP contribution in [0.5, 0.6) is 0 Å². The van der Waals surface area contributed by atoms with Gasteiger partial charge >= 0.3 is 6.03 Å². The Morgan fingerprint density at radius 2 is 1.62 bits per heavy atom. The molecule has 1 aliphatic heterocycles. The SMILES string of the molecule is O=C(NCCNC(=O)c1cccc(Br)c1)NCc1ccccc1CN1CCCC1.